The summed E-state index contributed by atoms with van der Waals surface area (Å²) in [4.78, 5) is 24.8. The molecule has 0 saturated carbocycles. The van der Waals surface area contributed by atoms with Crippen LogP contribution in [0.2, 0.25) is 0 Å². The first kappa shape index (κ1) is 21.3. The maximum absolute atomic E-state index is 12.5. The molecule has 1 atom stereocenters. The average molecular weight is 386 g/mol. The van der Waals surface area contributed by atoms with Gasteiger partial charge in [-0.1, -0.05) is 31.2 Å². The Balaban J connectivity index is 2.07. The molecule has 0 spiro atoms. The summed E-state index contributed by atoms with van der Waals surface area (Å²) < 4.78 is 21.2. The summed E-state index contributed by atoms with van der Waals surface area (Å²) in [5.74, 6) is 0.594. The van der Waals surface area contributed by atoms with E-state index in [1.165, 1.54) is 21.3 Å². The Hall–Kier alpha value is -3.02. The number of methoxy groups -OCH3 is 3. The normalized spacial score (nSPS) is 11.5. The van der Waals surface area contributed by atoms with Gasteiger partial charge >= 0.3 is 5.97 Å². The summed E-state index contributed by atoms with van der Waals surface area (Å²) in [6, 6.07) is 10.7. The molecule has 0 radical (unpaired) electrons. The van der Waals surface area contributed by atoms with Crippen molar-refractivity contribution in [1.29, 1.82) is 0 Å². The van der Waals surface area contributed by atoms with Crippen LogP contribution in [-0.2, 0) is 22.4 Å². The zero-order valence-electron chi connectivity index (χ0n) is 16.9. The molecule has 2 rings (SSSR count). The molecule has 2 aromatic rings. The molecule has 0 N–H and O–H groups in total. The van der Waals surface area contributed by atoms with Gasteiger partial charge in [0.15, 0.2) is 17.6 Å². The average Bonchev–Trinajstić information content (AvgIpc) is 2.72. The Kier molecular flexibility index (Phi) is 7.44. The first-order valence-electron chi connectivity index (χ1n) is 9.05. The van der Waals surface area contributed by atoms with Crippen LogP contribution in [0.25, 0.3) is 0 Å². The minimum Gasteiger partial charge on any atom is -0.493 e. The van der Waals surface area contributed by atoms with E-state index in [0.29, 0.717) is 28.4 Å². The van der Waals surface area contributed by atoms with E-state index in [9.17, 15) is 9.59 Å². The van der Waals surface area contributed by atoms with Crippen molar-refractivity contribution in [2.24, 2.45) is 0 Å². The summed E-state index contributed by atoms with van der Waals surface area (Å²) in [6.07, 6.45) is -0.00121. The first-order chi connectivity index (χ1) is 13.4. The van der Waals surface area contributed by atoms with Crippen LogP contribution in [0.1, 0.15) is 35.3 Å². The molecule has 0 heterocycles. The van der Waals surface area contributed by atoms with Gasteiger partial charge in [-0.05, 0) is 36.6 Å². The van der Waals surface area contributed by atoms with E-state index < -0.39 is 12.1 Å². The Labute approximate surface area is 165 Å². The van der Waals surface area contributed by atoms with Gasteiger partial charge in [0.2, 0.25) is 11.5 Å². The summed E-state index contributed by atoms with van der Waals surface area (Å²) in [5, 5.41) is 0. The van der Waals surface area contributed by atoms with Crippen molar-refractivity contribution in [3.8, 4) is 17.2 Å². The zero-order chi connectivity index (χ0) is 20.7. The fourth-order valence-electron chi connectivity index (χ4n) is 2.84. The Morgan fingerprint density at radius 3 is 1.93 bits per heavy atom. The van der Waals surface area contributed by atoms with Gasteiger partial charge in [0.05, 0.1) is 27.8 Å². The van der Waals surface area contributed by atoms with E-state index in [1.54, 1.807) is 31.2 Å². The van der Waals surface area contributed by atoms with Crippen molar-refractivity contribution in [1.82, 2.24) is 0 Å². The number of carbonyl (C=O) groups is 2. The molecule has 150 valence electrons. The van der Waals surface area contributed by atoms with Crippen molar-refractivity contribution in [3.63, 3.8) is 0 Å². The van der Waals surface area contributed by atoms with Crippen LogP contribution >= 0.6 is 0 Å². The molecule has 6 nitrogen and oxygen atoms in total. The Morgan fingerprint density at radius 1 is 0.893 bits per heavy atom. The maximum Gasteiger partial charge on any atom is 0.310 e. The summed E-state index contributed by atoms with van der Waals surface area (Å²) >= 11 is 0. The van der Waals surface area contributed by atoms with Crippen LogP contribution in [0.15, 0.2) is 36.4 Å². The van der Waals surface area contributed by atoms with Gasteiger partial charge in [0.25, 0.3) is 0 Å². The molecule has 0 saturated heterocycles. The lowest BCUT2D eigenvalue weighted by Crippen LogP contribution is -2.25. The zero-order valence-corrected chi connectivity index (χ0v) is 16.9. The fraction of sp³-hybridized carbons (Fsp3) is 0.364. The summed E-state index contributed by atoms with van der Waals surface area (Å²) in [7, 11) is 4.52. The van der Waals surface area contributed by atoms with Crippen LogP contribution in [-0.4, -0.2) is 39.2 Å². The van der Waals surface area contributed by atoms with Gasteiger partial charge in [-0.25, -0.2) is 0 Å². The van der Waals surface area contributed by atoms with Crippen LogP contribution in [0.5, 0.6) is 17.2 Å². The number of ether oxygens (including phenoxy) is 4. The van der Waals surface area contributed by atoms with Gasteiger partial charge in [-0.2, -0.15) is 0 Å². The third-order valence-corrected chi connectivity index (χ3v) is 4.40. The highest BCUT2D eigenvalue weighted by Gasteiger charge is 2.21. The van der Waals surface area contributed by atoms with Gasteiger partial charge in [0.1, 0.15) is 0 Å². The molecule has 28 heavy (non-hydrogen) atoms. The first-order valence-corrected chi connectivity index (χ1v) is 9.05. The number of carbonyl (C=O) groups excluding carboxylic acids is 2. The molecule has 0 aromatic heterocycles. The van der Waals surface area contributed by atoms with Gasteiger partial charge in [-0.15, -0.1) is 0 Å². The molecule has 6 heteroatoms. The van der Waals surface area contributed by atoms with E-state index in [-0.39, 0.29) is 12.2 Å². The lowest BCUT2D eigenvalue weighted by molar-refractivity contribution is -0.145. The largest absolute Gasteiger partial charge is 0.493 e. The van der Waals surface area contributed by atoms with Crippen molar-refractivity contribution in [2.75, 3.05) is 21.3 Å². The van der Waals surface area contributed by atoms with E-state index in [4.69, 9.17) is 18.9 Å². The van der Waals surface area contributed by atoms with Crippen LogP contribution in [0, 0.1) is 0 Å². The number of rotatable bonds is 9. The highest BCUT2D eigenvalue weighted by atomic mass is 16.5. The van der Waals surface area contributed by atoms with E-state index >= 15 is 0 Å². The monoisotopic (exact) mass is 386 g/mol. The van der Waals surface area contributed by atoms with Gasteiger partial charge in [0, 0.05) is 5.56 Å². The molecular weight excluding hydrogens is 360 g/mol. The number of hydrogen-bond acceptors (Lipinski definition) is 6. The van der Waals surface area contributed by atoms with E-state index in [1.807, 2.05) is 19.1 Å². The molecule has 2 aromatic carbocycles. The Morgan fingerprint density at radius 2 is 1.46 bits per heavy atom. The quantitative estimate of drug-likeness (QED) is 0.484. The second-order valence-electron chi connectivity index (χ2n) is 6.26. The molecule has 0 fully saturated rings. The SMILES string of the molecule is CCc1ccc(C(=O)[C@@H](C)OC(=O)Cc2cc(OC)c(OC)c(OC)c2)cc1. The van der Waals surface area contributed by atoms with E-state index in [2.05, 4.69) is 0 Å². The number of hydrogen-bond donors (Lipinski definition) is 0. The second-order valence-corrected chi connectivity index (χ2v) is 6.26. The maximum atomic E-state index is 12.5. The van der Waals surface area contributed by atoms with Gasteiger partial charge in [-0.3, -0.25) is 9.59 Å². The van der Waals surface area contributed by atoms with Crippen LogP contribution in [0.4, 0.5) is 0 Å². The van der Waals surface area contributed by atoms with E-state index in [0.717, 1.165) is 12.0 Å². The number of benzene rings is 2. The lowest BCUT2D eigenvalue weighted by Gasteiger charge is -2.15. The van der Waals surface area contributed by atoms with Crippen molar-refractivity contribution >= 4 is 11.8 Å². The second kappa shape index (κ2) is 9.78. The third-order valence-electron chi connectivity index (χ3n) is 4.40. The fourth-order valence-corrected chi connectivity index (χ4v) is 2.84. The molecule has 0 aliphatic carbocycles. The molecule has 0 aliphatic rings. The van der Waals surface area contributed by atoms with Crippen molar-refractivity contribution < 1.29 is 28.5 Å². The highest BCUT2D eigenvalue weighted by molar-refractivity contribution is 6.00. The molecule has 0 bridgehead atoms. The van der Waals surface area contributed by atoms with Crippen molar-refractivity contribution in [3.05, 3.63) is 53.1 Å². The minimum absolute atomic E-state index is 0.0247. The molecule has 0 unspecified atom stereocenters. The predicted octanol–water partition coefficient (Wildman–Crippen LogP) is 3.63. The minimum atomic E-state index is -0.873. The summed E-state index contributed by atoms with van der Waals surface area (Å²) in [6.45, 7) is 3.62. The topological polar surface area (TPSA) is 71.1 Å². The highest BCUT2D eigenvalue weighted by Crippen LogP contribution is 2.38. The number of aryl methyl sites for hydroxylation is 1. The van der Waals surface area contributed by atoms with Gasteiger partial charge < -0.3 is 18.9 Å². The number of ketones is 1. The number of Topliss-reactive ketones (excluding diaryl/α,β-unsaturated/α-hetero) is 1. The van der Waals surface area contributed by atoms with Crippen LogP contribution in [0.3, 0.4) is 0 Å². The standard InChI is InChI=1S/C22H26O6/c1-6-15-7-9-17(10-8-15)21(24)14(2)28-20(23)13-16-11-18(25-3)22(27-5)19(12-16)26-4/h7-12,14H,6,13H2,1-5H3/t14-/m1/s1. The molecular formula is C22H26O6. The smallest absolute Gasteiger partial charge is 0.310 e. The number of esters is 1. The Bertz CT molecular complexity index is 800. The third kappa shape index (κ3) is 5.03. The predicted molar refractivity (Wildman–Crippen MR) is 106 cm³/mol. The summed E-state index contributed by atoms with van der Waals surface area (Å²) in [5.41, 5.74) is 2.29. The molecule has 0 amide bonds. The lowest BCUT2D eigenvalue weighted by atomic mass is 10.0. The molecule has 0 aliphatic heterocycles. The van der Waals surface area contributed by atoms with Crippen molar-refractivity contribution in [2.45, 2.75) is 32.8 Å². The van der Waals surface area contributed by atoms with Crippen LogP contribution < -0.4 is 14.2 Å².